The van der Waals surface area contributed by atoms with Gasteiger partial charge >= 0.3 is 6.09 Å². The zero-order valence-corrected chi connectivity index (χ0v) is 26.9. The number of hydrogen-bond acceptors (Lipinski definition) is 9. The smallest absolute Gasteiger partial charge is 0.410 e. The third-order valence-corrected chi connectivity index (χ3v) is 9.30. The van der Waals surface area contributed by atoms with E-state index in [9.17, 15) is 14.0 Å². The van der Waals surface area contributed by atoms with Crippen LogP contribution in [0.5, 0.6) is 5.75 Å². The normalized spacial score (nSPS) is 20.8. The second kappa shape index (κ2) is 13.6. The summed E-state index contributed by atoms with van der Waals surface area (Å²) in [5.41, 5.74) is 0.790. The molecule has 1 aromatic carbocycles. The van der Waals surface area contributed by atoms with Crippen LogP contribution in [0.3, 0.4) is 0 Å². The van der Waals surface area contributed by atoms with Gasteiger partial charge in [0.2, 0.25) is 0 Å². The standard InChI is InChI=1S/C32H42FN5O5S/c1-19-26-28(37-24-13-8-21(33)15-25(24)42-23-11-9-22(41-5)10-12-23)35-18-36-30(26)44-27(19)29(39)34-16-20-7-6-14-38(17-20)31(40)43-32(2,3)4/h8,13,15,18,20,22-23H,6-7,9-12,14,16-17H2,1-5H3,(H,34,39)(H,35,36,37). The number of carbonyl (C=O) groups is 2. The van der Waals surface area contributed by atoms with E-state index < -0.39 is 5.60 Å². The average molecular weight is 628 g/mol. The molecule has 1 atom stereocenters. The van der Waals surface area contributed by atoms with Crippen molar-refractivity contribution in [2.24, 2.45) is 5.92 Å². The summed E-state index contributed by atoms with van der Waals surface area (Å²) in [6.45, 7) is 9.08. The number of ether oxygens (including phenoxy) is 3. The van der Waals surface area contributed by atoms with Crippen molar-refractivity contribution < 1.29 is 28.2 Å². The van der Waals surface area contributed by atoms with E-state index in [0.29, 0.717) is 46.6 Å². The van der Waals surface area contributed by atoms with E-state index in [4.69, 9.17) is 14.2 Å². The molecule has 2 aliphatic rings. The number of hydrogen-bond donors (Lipinski definition) is 2. The van der Waals surface area contributed by atoms with E-state index in [1.165, 1.54) is 29.8 Å². The molecule has 12 heteroatoms. The fraction of sp³-hybridized carbons (Fsp3) is 0.562. The topological polar surface area (TPSA) is 115 Å². The number of methoxy groups -OCH3 is 1. The Morgan fingerprint density at radius 3 is 2.59 bits per heavy atom. The largest absolute Gasteiger partial charge is 0.488 e. The number of halogens is 1. The molecule has 1 saturated heterocycles. The van der Waals surface area contributed by atoms with Gasteiger partial charge in [0.15, 0.2) is 0 Å². The first-order valence-electron chi connectivity index (χ1n) is 15.3. The molecule has 0 bridgehead atoms. The number of aromatic nitrogens is 2. The number of benzene rings is 1. The monoisotopic (exact) mass is 627 g/mol. The maximum absolute atomic E-state index is 14.3. The molecule has 1 saturated carbocycles. The van der Waals surface area contributed by atoms with Crippen molar-refractivity contribution in [3.05, 3.63) is 40.8 Å². The van der Waals surface area contributed by atoms with Crippen LogP contribution in [0.1, 0.15) is 74.5 Å². The van der Waals surface area contributed by atoms with Crippen LogP contribution in [0.4, 0.5) is 20.7 Å². The number of amides is 2. The van der Waals surface area contributed by atoms with E-state index in [-0.39, 0.29) is 35.9 Å². The molecular weight excluding hydrogens is 585 g/mol. The minimum Gasteiger partial charge on any atom is -0.488 e. The summed E-state index contributed by atoms with van der Waals surface area (Å²) in [5.74, 6) is 0.484. The Bertz CT molecular complexity index is 1480. The molecule has 0 radical (unpaired) electrons. The first-order valence-corrected chi connectivity index (χ1v) is 16.1. The molecule has 238 valence electrons. The van der Waals surface area contributed by atoms with Crippen LogP contribution in [-0.2, 0) is 9.47 Å². The van der Waals surface area contributed by atoms with Crippen molar-refractivity contribution in [3.8, 4) is 5.75 Å². The van der Waals surface area contributed by atoms with Crippen LogP contribution in [-0.4, -0.2) is 71.4 Å². The van der Waals surface area contributed by atoms with Crippen molar-refractivity contribution in [1.82, 2.24) is 20.2 Å². The fourth-order valence-electron chi connectivity index (χ4n) is 5.81. The highest BCUT2D eigenvalue weighted by atomic mass is 32.1. The summed E-state index contributed by atoms with van der Waals surface area (Å²) >= 11 is 1.30. The summed E-state index contributed by atoms with van der Waals surface area (Å²) in [6, 6.07) is 4.40. The number of carbonyl (C=O) groups excluding carboxylic acids is 2. The molecule has 5 rings (SSSR count). The minimum atomic E-state index is -0.553. The van der Waals surface area contributed by atoms with E-state index in [0.717, 1.165) is 49.5 Å². The predicted octanol–water partition coefficient (Wildman–Crippen LogP) is 6.60. The van der Waals surface area contributed by atoms with Gasteiger partial charge in [0, 0.05) is 32.8 Å². The quantitative estimate of drug-likeness (QED) is 0.287. The SMILES string of the molecule is COC1CCC(Oc2cc(F)ccc2Nc2ncnc3sc(C(=O)NCC4CCCN(C(=O)OC(C)(C)C)C4)c(C)c23)CC1. The summed E-state index contributed by atoms with van der Waals surface area (Å²) in [7, 11) is 1.72. The van der Waals surface area contributed by atoms with Gasteiger partial charge in [0.25, 0.3) is 5.91 Å². The first-order chi connectivity index (χ1) is 21.0. The van der Waals surface area contributed by atoms with Crippen LogP contribution in [0.15, 0.2) is 24.5 Å². The summed E-state index contributed by atoms with van der Waals surface area (Å²) < 4.78 is 31.5. The second-order valence-corrected chi connectivity index (χ2v) is 13.6. The number of nitrogens with one attached hydrogen (secondary N) is 2. The molecule has 1 aliphatic carbocycles. The second-order valence-electron chi connectivity index (χ2n) is 12.6. The number of rotatable bonds is 8. The molecule has 0 spiro atoms. The van der Waals surface area contributed by atoms with Gasteiger partial charge in [-0.05, 0) is 89.8 Å². The van der Waals surface area contributed by atoms with Crippen LogP contribution in [0.2, 0.25) is 0 Å². The fourth-order valence-corrected chi connectivity index (χ4v) is 6.88. The van der Waals surface area contributed by atoms with Gasteiger partial charge in [0.05, 0.1) is 28.2 Å². The minimum absolute atomic E-state index is 0.0345. The van der Waals surface area contributed by atoms with Crippen molar-refractivity contribution in [2.45, 2.75) is 84.0 Å². The Labute approximate surface area is 261 Å². The highest BCUT2D eigenvalue weighted by Gasteiger charge is 2.29. The van der Waals surface area contributed by atoms with Crippen molar-refractivity contribution >= 4 is 45.1 Å². The Hall–Kier alpha value is -3.51. The van der Waals surface area contributed by atoms with Crippen molar-refractivity contribution in [2.75, 3.05) is 32.1 Å². The molecule has 2 amide bonds. The maximum atomic E-state index is 14.3. The molecule has 10 nitrogen and oxygen atoms in total. The molecule has 2 aromatic heterocycles. The lowest BCUT2D eigenvalue weighted by molar-refractivity contribution is 0.0167. The number of thiophene rings is 1. The highest BCUT2D eigenvalue weighted by Crippen LogP contribution is 2.37. The van der Waals surface area contributed by atoms with Gasteiger partial charge in [-0.1, -0.05) is 0 Å². The third-order valence-electron chi connectivity index (χ3n) is 8.10. The van der Waals surface area contributed by atoms with Crippen molar-refractivity contribution in [3.63, 3.8) is 0 Å². The van der Waals surface area contributed by atoms with Gasteiger partial charge in [-0.25, -0.2) is 19.2 Å². The summed E-state index contributed by atoms with van der Waals surface area (Å²) in [5, 5.41) is 7.12. The molecule has 3 heterocycles. The molecular formula is C32H42FN5O5S. The predicted molar refractivity (Wildman–Crippen MR) is 168 cm³/mol. The van der Waals surface area contributed by atoms with E-state index >= 15 is 0 Å². The summed E-state index contributed by atoms with van der Waals surface area (Å²) in [4.78, 5) is 37.8. The van der Waals surface area contributed by atoms with Gasteiger partial charge in [-0.3, -0.25) is 4.79 Å². The van der Waals surface area contributed by atoms with E-state index in [1.54, 1.807) is 18.1 Å². The Kier molecular flexibility index (Phi) is 9.89. The highest BCUT2D eigenvalue weighted by molar-refractivity contribution is 7.20. The van der Waals surface area contributed by atoms with Gasteiger partial charge in [-0.15, -0.1) is 11.3 Å². The van der Waals surface area contributed by atoms with Gasteiger partial charge in [0.1, 0.15) is 34.1 Å². The lowest BCUT2D eigenvalue weighted by atomic mass is 9.95. The Morgan fingerprint density at radius 2 is 1.86 bits per heavy atom. The molecule has 2 fully saturated rings. The molecule has 1 aliphatic heterocycles. The number of anilines is 2. The zero-order valence-electron chi connectivity index (χ0n) is 26.1. The van der Waals surface area contributed by atoms with Crippen LogP contribution >= 0.6 is 11.3 Å². The third kappa shape index (κ3) is 7.76. The molecule has 3 aromatic rings. The van der Waals surface area contributed by atoms with Crippen LogP contribution < -0.4 is 15.4 Å². The Balaban J connectivity index is 1.27. The van der Waals surface area contributed by atoms with Gasteiger partial charge in [-0.2, -0.15) is 0 Å². The lowest BCUT2D eigenvalue weighted by Crippen LogP contribution is -2.45. The van der Waals surface area contributed by atoms with Crippen LogP contribution in [0, 0.1) is 18.7 Å². The lowest BCUT2D eigenvalue weighted by Gasteiger charge is -2.34. The first kappa shape index (κ1) is 31.9. The van der Waals surface area contributed by atoms with E-state index in [2.05, 4.69) is 20.6 Å². The van der Waals surface area contributed by atoms with E-state index in [1.807, 2.05) is 27.7 Å². The number of aryl methyl sites for hydroxylation is 1. The Morgan fingerprint density at radius 1 is 1.11 bits per heavy atom. The zero-order chi connectivity index (χ0) is 31.4. The number of likely N-dealkylation sites (tertiary alicyclic amines) is 1. The molecule has 2 N–H and O–H groups in total. The molecule has 1 unspecified atom stereocenters. The summed E-state index contributed by atoms with van der Waals surface area (Å²) in [6.07, 6.45) is 6.55. The number of fused-ring (bicyclic) bond motifs is 1. The number of piperidine rings is 1. The van der Waals surface area contributed by atoms with Crippen LogP contribution in [0.25, 0.3) is 10.2 Å². The molecule has 44 heavy (non-hydrogen) atoms. The van der Waals surface area contributed by atoms with Gasteiger partial charge < -0.3 is 29.7 Å². The number of nitrogens with zero attached hydrogens (tertiary/aromatic N) is 3. The average Bonchev–Trinajstić information content (AvgIpc) is 3.34. The van der Waals surface area contributed by atoms with Crippen molar-refractivity contribution in [1.29, 1.82) is 0 Å². The maximum Gasteiger partial charge on any atom is 0.410 e.